The summed E-state index contributed by atoms with van der Waals surface area (Å²) in [5.41, 5.74) is -1.22. The van der Waals surface area contributed by atoms with Gasteiger partial charge in [-0.3, -0.25) is 0 Å². The lowest BCUT2D eigenvalue weighted by Gasteiger charge is -2.16. The number of hydrogen-bond acceptors (Lipinski definition) is 3. The van der Waals surface area contributed by atoms with Crippen LogP contribution in [0.1, 0.15) is 0 Å². The van der Waals surface area contributed by atoms with Crippen molar-refractivity contribution in [2.24, 2.45) is 0 Å². The van der Waals surface area contributed by atoms with Gasteiger partial charge in [0.25, 0.3) is 0 Å². The minimum atomic E-state index is -1.12. The Morgan fingerprint density at radius 3 is 0.905 bits per heavy atom. The van der Waals surface area contributed by atoms with Gasteiger partial charge < -0.3 is 0 Å². The summed E-state index contributed by atoms with van der Waals surface area (Å²) in [7, 11) is -3.37. The quantitative estimate of drug-likeness (QED) is 0.637. The highest BCUT2D eigenvalue weighted by molar-refractivity contribution is 6.55. The lowest BCUT2D eigenvalue weighted by Crippen LogP contribution is -2.57. The summed E-state index contributed by atoms with van der Waals surface area (Å²) < 4.78 is 3.89. The Hall–Kier alpha value is -0.939. The molecule has 0 amide bonds. The molecule has 1 heterocycles. The molecule has 0 N–H and O–H groups in total. The number of rotatable bonds is 6. The van der Waals surface area contributed by atoms with Crippen molar-refractivity contribution in [1.82, 2.24) is 13.7 Å². The zero-order valence-corrected chi connectivity index (χ0v) is 17.4. The molecule has 0 fully saturated rings. The standard InChI is InChI=1S/C12H27N3O3Si3/c1-19(2)7-13-10(16)14(8-20(3)4)12(18)15(11(13)17)9-21(5)6/h19-21H,7-9H2,1-6H3. The first-order chi connectivity index (χ1) is 9.65. The molecule has 0 bridgehead atoms. The first-order valence-electron chi connectivity index (χ1n) is 7.59. The molecule has 0 saturated heterocycles. The molecule has 0 aliphatic carbocycles. The van der Waals surface area contributed by atoms with Crippen LogP contribution in [0.15, 0.2) is 14.4 Å². The van der Waals surface area contributed by atoms with Gasteiger partial charge in [0.15, 0.2) is 0 Å². The monoisotopic (exact) mass is 345 g/mol. The number of aromatic nitrogens is 3. The summed E-state index contributed by atoms with van der Waals surface area (Å²) >= 11 is 0. The van der Waals surface area contributed by atoms with Crippen LogP contribution in [0.5, 0.6) is 0 Å². The normalized spacial score (nSPS) is 11.9. The van der Waals surface area contributed by atoms with Crippen LogP contribution >= 0.6 is 0 Å². The van der Waals surface area contributed by atoms with Gasteiger partial charge in [-0.1, -0.05) is 39.3 Å². The van der Waals surface area contributed by atoms with Gasteiger partial charge in [0.1, 0.15) is 0 Å². The van der Waals surface area contributed by atoms with E-state index in [2.05, 4.69) is 39.3 Å². The lowest BCUT2D eigenvalue weighted by molar-refractivity contribution is 0.524. The molecule has 0 unspecified atom stereocenters. The molecule has 0 aliphatic heterocycles. The van der Waals surface area contributed by atoms with Crippen LogP contribution in [-0.4, -0.2) is 40.1 Å². The molecule has 21 heavy (non-hydrogen) atoms. The first-order valence-corrected chi connectivity index (χ1v) is 17.0. The van der Waals surface area contributed by atoms with E-state index < -0.39 is 43.5 Å². The average Bonchev–Trinajstić information content (AvgIpc) is 2.35. The zero-order chi connectivity index (χ0) is 16.3. The minimum Gasteiger partial charge on any atom is -0.248 e. The summed E-state index contributed by atoms with van der Waals surface area (Å²) in [6, 6.07) is 0. The molecule has 1 aromatic heterocycles. The van der Waals surface area contributed by atoms with Crippen molar-refractivity contribution in [3.63, 3.8) is 0 Å². The van der Waals surface area contributed by atoms with Crippen LogP contribution < -0.4 is 17.1 Å². The van der Waals surface area contributed by atoms with E-state index in [0.717, 1.165) is 0 Å². The van der Waals surface area contributed by atoms with Crippen LogP contribution in [0.2, 0.25) is 39.3 Å². The van der Waals surface area contributed by atoms with Crippen LogP contribution in [-0.2, 0) is 18.5 Å². The van der Waals surface area contributed by atoms with Crippen molar-refractivity contribution >= 4 is 26.4 Å². The predicted octanol–water partition coefficient (Wildman–Crippen LogP) is -0.751. The maximum absolute atomic E-state index is 12.5. The largest absolute Gasteiger partial charge is 0.335 e. The molecule has 1 rings (SSSR count). The lowest BCUT2D eigenvalue weighted by atomic mass is 10.8. The zero-order valence-electron chi connectivity index (χ0n) is 13.9. The molecule has 120 valence electrons. The van der Waals surface area contributed by atoms with E-state index in [1.807, 2.05) is 0 Å². The fourth-order valence-corrected chi connectivity index (χ4v) is 5.37. The predicted molar refractivity (Wildman–Crippen MR) is 95.9 cm³/mol. The third-order valence-corrected chi connectivity index (χ3v) is 6.31. The van der Waals surface area contributed by atoms with Crippen LogP contribution in [0.3, 0.4) is 0 Å². The van der Waals surface area contributed by atoms with Crippen molar-refractivity contribution in [3.8, 4) is 0 Å². The second-order valence-electron chi connectivity index (χ2n) is 6.86. The third kappa shape index (κ3) is 4.51. The molecule has 0 radical (unpaired) electrons. The van der Waals surface area contributed by atoms with E-state index in [0.29, 0.717) is 18.5 Å². The Kier molecular flexibility index (Phi) is 6.35. The number of nitrogens with zero attached hydrogens (tertiary/aromatic N) is 3. The molecule has 0 aromatic carbocycles. The second kappa shape index (κ2) is 7.36. The van der Waals surface area contributed by atoms with E-state index in [1.165, 1.54) is 13.7 Å². The van der Waals surface area contributed by atoms with Crippen LogP contribution in [0, 0.1) is 0 Å². The Bertz CT molecular complexity index is 538. The van der Waals surface area contributed by atoms with Crippen molar-refractivity contribution in [2.45, 2.75) is 57.8 Å². The summed E-state index contributed by atoms with van der Waals surface area (Å²) in [5, 5.41) is 0. The van der Waals surface area contributed by atoms with Gasteiger partial charge >= 0.3 is 17.1 Å². The third-order valence-electron chi connectivity index (χ3n) is 3.03. The van der Waals surface area contributed by atoms with E-state index in [4.69, 9.17) is 0 Å². The maximum Gasteiger partial charge on any atom is 0.335 e. The topological polar surface area (TPSA) is 66.0 Å². The Morgan fingerprint density at radius 2 is 0.762 bits per heavy atom. The van der Waals surface area contributed by atoms with E-state index >= 15 is 0 Å². The minimum absolute atomic E-state index is 0.408. The summed E-state index contributed by atoms with van der Waals surface area (Å²) in [6.07, 6.45) is 1.49. The molecule has 9 heteroatoms. The average molecular weight is 346 g/mol. The van der Waals surface area contributed by atoms with Crippen molar-refractivity contribution in [3.05, 3.63) is 31.5 Å². The highest BCUT2D eigenvalue weighted by Crippen LogP contribution is 1.88. The SMILES string of the molecule is C[SiH](C)Cn1c(=O)n(C[SiH](C)C)c(=O)n(C[SiH](C)C)c1=O. The molecule has 0 aliphatic rings. The van der Waals surface area contributed by atoms with E-state index in [9.17, 15) is 14.4 Å². The molecule has 0 spiro atoms. The smallest absolute Gasteiger partial charge is 0.248 e. The Labute approximate surface area is 129 Å². The second-order valence-corrected chi connectivity index (χ2v) is 16.3. The molecular formula is C12H27N3O3Si3. The molecule has 6 nitrogen and oxygen atoms in total. The fraction of sp³-hybridized carbons (Fsp3) is 0.750. The van der Waals surface area contributed by atoms with E-state index in [-0.39, 0.29) is 0 Å². The highest BCUT2D eigenvalue weighted by atomic mass is 28.3. The van der Waals surface area contributed by atoms with Gasteiger partial charge in [-0.15, -0.1) is 0 Å². The van der Waals surface area contributed by atoms with Gasteiger partial charge in [0.2, 0.25) is 0 Å². The van der Waals surface area contributed by atoms with Crippen molar-refractivity contribution in [2.75, 3.05) is 0 Å². The van der Waals surface area contributed by atoms with Crippen LogP contribution in [0.25, 0.3) is 0 Å². The Balaban J connectivity index is 3.62. The fourth-order valence-electron chi connectivity index (χ4n) is 2.25. The van der Waals surface area contributed by atoms with E-state index in [1.54, 1.807) is 0 Å². The molecule has 0 saturated carbocycles. The summed E-state index contributed by atoms with van der Waals surface area (Å²) in [6.45, 7) is 12.6. The summed E-state index contributed by atoms with van der Waals surface area (Å²) in [5.74, 6) is 0. The maximum atomic E-state index is 12.5. The highest BCUT2D eigenvalue weighted by Gasteiger charge is 2.17. The van der Waals surface area contributed by atoms with Crippen molar-refractivity contribution in [1.29, 1.82) is 0 Å². The first kappa shape index (κ1) is 18.1. The van der Waals surface area contributed by atoms with Gasteiger partial charge in [-0.05, 0) is 0 Å². The summed E-state index contributed by atoms with van der Waals surface area (Å²) in [4.78, 5) is 37.5. The van der Waals surface area contributed by atoms with Gasteiger partial charge in [-0.25, -0.2) is 28.1 Å². The van der Waals surface area contributed by atoms with Crippen molar-refractivity contribution < 1.29 is 0 Å². The molecule has 0 atom stereocenters. The van der Waals surface area contributed by atoms with Gasteiger partial charge in [-0.2, -0.15) is 0 Å². The van der Waals surface area contributed by atoms with Gasteiger partial charge in [0, 0.05) is 18.5 Å². The molecule has 1 aromatic rings. The Morgan fingerprint density at radius 1 is 0.571 bits per heavy atom. The molecular weight excluding hydrogens is 318 g/mol. The van der Waals surface area contributed by atoms with Gasteiger partial charge in [0.05, 0.1) is 26.4 Å². The number of hydrogen-bond donors (Lipinski definition) is 0. The van der Waals surface area contributed by atoms with Crippen LogP contribution in [0.4, 0.5) is 0 Å².